The van der Waals surface area contributed by atoms with Crippen molar-refractivity contribution >= 4 is 17.6 Å². The Morgan fingerprint density at radius 3 is 1.74 bits per heavy atom. The van der Waals surface area contributed by atoms with Gasteiger partial charge in [-0.3, -0.25) is 5.41 Å². The minimum Gasteiger partial charge on any atom is -0.361 e. The van der Waals surface area contributed by atoms with Gasteiger partial charge in [-0.25, -0.2) is 0 Å². The van der Waals surface area contributed by atoms with E-state index in [0.29, 0.717) is 0 Å². The summed E-state index contributed by atoms with van der Waals surface area (Å²) < 4.78 is 0. The van der Waals surface area contributed by atoms with Gasteiger partial charge in [0.05, 0.1) is 5.84 Å². The van der Waals surface area contributed by atoms with Gasteiger partial charge in [-0.1, -0.05) is 112 Å². The Balaban J connectivity index is 0. The van der Waals surface area contributed by atoms with Crippen LogP contribution >= 0.6 is 11.8 Å². The van der Waals surface area contributed by atoms with Gasteiger partial charge < -0.3 is 4.90 Å². The Hall–Kier alpha value is -0.180. The number of nitrogens with zero attached hydrogens (tertiary/aromatic N) is 1. The second-order valence-corrected chi connectivity index (χ2v) is 10.8. The molecule has 0 aromatic carbocycles. The summed E-state index contributed by atoms with van der Waals surface area (Å²) in [6, 6.07) is 0. The van der Waals surface area contributed by atoms with Gasteiger partial charge in [0.15, 0.2) is 0 Å². The predicted molar refractivity (Wildman–Crippen MR) is 148 cm³/mol. The Morgan fingerprint density at radius 1 is 0.871 bits per heavy atom. The van der Waals surface area contributed by atoms with Gasteiger partial charge in [-0.05, 0) is 50.0 Å². The van der Waals surface area contributed by atoms with E-state index in [1.807, 2.05) is 19.4 Å². The molecule has 1 aliphatic rings. The van der Waals surface area contributed by atoms with Gasteiger partial charge in [0, 0.05) is 13.1 Å². The molecule has 1 rings (SSSR count). The van der Waals surface area contributed by atoms with E-state index in [9.17, 15) is 0 Å². The van der Waals surface area contributed by atoms with Gasteiger partial charge in [0.25, 0.3) is 0 Å². The summed E-state index contributed by atoms with van der Waals surface area (Å²) in [4.78, 5) is 2.32. The molecule has 0 radical (unpaired) electrons. The molecule has 0 aromatic rings. The Kier molecular flexibility index (Phi) is 26.0. The Bertz CT molecular complexity index is 358. The van der Waals surface area contributed by atoms with Crippen molar-refractivity contribution in [1.82, 2.24) is 4.90 Å². The molecule has 1 saturated carbocycles. The van der Waals surface area contributed by atoms with E-state index in [1.165, 1.54) is 89.9 Å². The van der Waals surface area contributed by atoms with E-state index in [1.54, 1.807) is 11.8 Å². The molecule has 0 amide bonds. The minimum absolute atomic E-state index is 0.736. The van der Waals surface area contributed by atoms with Crippen LogP contribution in [0.5, 0.6) is 0 Å². The number of hydrogen-bond acceptors (Lipinski definition) is 2. The number of unbranched alkanes of at least 4 members (excludes halogenated alkanes) is 6. The highest BCUT2D eigenvalue weighted by molar-refractivity contribution is 7.97. The summed E-state index contributed by atoms with van der Waals surface area (Å²) in [5, 5.41) is 8.01. The summed E-state index contributed by atoms with van der Waals surface area (Å²) >= 11 is 1.75. The van der Waals surface area contributed by atoms with Gasteiger partial charge >= 0.3 is 0 Å². The first kappa shape index (κ1) is 33.0. The van der Waals surface area contributed by atoms with E-state index in [2.05, 4.69) is 39.5 Å². The van der Waals surface area contributed by atoms with Crippen molar-refractivity contribution in [3.63, 3.8) is 0 Å². The molecule has 0 spiro atoms. The highest BCUT2D eigenvalue weighted by atomic mass is 32.2. The highest BCUT2D eigenvalue weighted by Crippen LogP contribution is 2.32. The summed E-state index contributed by atoms with van der Waals surface area (Å²) in [6.07, 6.45) is 23.6. The van der Waals surface area contributed by atoms with Crippen LogP contribution in [0.25, 0.3) is 0 Å². The molecule has 0 heterocycles. The zero-order chi connectivity index (χ0) is 23.9. The van der Waals surface area contributed by atoms with Crippen LogP contribution in [-0.2, 0) is 0 Å². The molecule has 1 atom stereocenters. The molecule has 0 aromatic heterocycles. The van der Waals surface area contributed by atoms with Crippen LogP contribution in [0.2, 0.25) is 0 Å². The fourth-order valence-corrected chi connectivity index (χ4v) is 4.29. The van der Waals surface area contributed by atoms with Gasteiger partial charge in [-0.2, -0.15) is 11.8 Å². The third-order valence-corrected chi connectivity index (χ3v) is 6.47. The zero-order valence-corrected chi connectivity index (χ0v) is 23.7. The molecule has 188 valence electrons. The predicted octanol–water partition coefficient (Wildman–Crippen LogP) is 9.67. The molecule has 1 fully saturated rings. The first-order valence-electron chi connectivity index (χ1n) is 13.6. The molecule has 3 heteroatoms. The average molecular weight is 457 g/mol. The van der Waals surface area contributed by atoms with Crippen molar-refractivity contribution in [2.45, 2.75) is 131 Å². The number of nitrogens with one attached hydrogen (secondary N) is 1. The SMILES string of the molecule is CCCCCCCC.CCCCN(CC(CC1CCCCC1)C(C)C)C(C)=N.CSC. The van der Waals surface area contributed by atoms with Crippen LogP contribution in [-0.4, -0.2) is 36.3 Å². The number of rotatable bonds is 13. The lowest BCUT2D eigenvalue weighted by Crippen LogP contribution is -2.36. The Labute approximate surface area is 202 Å². The molecular formula is C28H60N2S. The lowest BCUT2D eigenvalue weighted by Gasteiger charge is -2.34. The molecule has 1 unspecified atom stereocenters. The van der Waals surface area contributed by atoms with Crippen molar-refractivity contribution < 1.29 is 0 Å². The van der Waals surface area contributed by atoms with Gasteiger partial charge in [0.1, 0.15) is 0 Å². The summed E-state index contributed by atoms with van der Waals surface area (Å²) in [7, 11) is 0. The number of hydrogen-bond donors (Lipinski definition) is 1. The van der Waals surface area contributed by atoms with Crippen LogP contribution in [0, 0.1) is 23.2 Å². The maximum absolute atomic E-state index is 8.01. The smallest absolute Gasteiger partial charge is 0.0925 e. The molecule has 1 N–H and O–H groups in total. The quantitative estimate of drug-likeness (QED) is 0.169. The molecule has 31 heavy (non-hydrogen) atoms. The lowest BCUT2D eigenvalue weighted by molar-refractivity contribution is 0.206. The van der Waals surface area contributed by atoms with Crippen LogP contribution in [0.3, 0.4) is 0 Å². The van der Waals surface area contributed by atoms with Gasteiger partial charge in [-0.15, -0.1) is 0 Å². The number of thioether (sulfide) groups is 1. The van der Waals surface area contributed by atoms with Crippen molar-refractivity contribution in [1.29, 1.82) is 5.41 Å². The molecular weight excluding hydrogens is 396 g/mol. The molecule has 0 saturated heterocycles. The standard InChI is InChI=1S/C18H36N2.C8H18.C2H6S/c1-5-6-12-20(16(4)19)14-18(15(2)3)13-17-10-8-7-9-11-17;1-3-5-7-8-6-4-2;1-3-2/h15,17-19H,5-14H2,1-4H3;3-8H2,1-2H3;1-2H3. The second-order valence-electron chi connectivity index (χ2n) is 9.95. The maximum Gasteiger partial charge on any atom is 0.0925 e. The fraction of sp³-hybridized carbons (Fsp3) is 0.964. The third-order valence-electron chi connectivity index (χ3n) is 6.47. The van der Waals surface area contributed by atoms with Crippen LogP contribution in [0.1, 0.15) is 131 Å². The molecule has 2 nitrogen and oxygen atoms in total. The second kappa shape index (κ2) is 24.5. The molecule has 0 aliphatic heterocycles. The zero-order valence-electron chi connectivity index (χ0n) is 22.9. The minimum atomic E-state index is 0.736. The molecule has 0 bridgehead atoms. The number of amidine groups is 1. The summed E-state index contributed by atoms with van der Waals surface area (Å²) in [6.45, 7) is 15.6. The average Bonchev–Trinajstić information content (AvgIpc) is 2.75. The van der Waals surface area contributed by atoms with Gasteiger partial charge in [0.2, 0.25) is 0 Å². The first-order chi connectivity index (χ1) is 14.9. The molecule has 1 aliphatic carbocycles. The lowest BCUT2D eigenvalue weighted by atomic mass is 9.79. The summed E-state index contributed by atoms with van der Waals surface area (Å²) in [5.41, 5.74) is 0. The van der Waals surface area contributed by atoms with Crippen LogP contribution in [0.15, 0.2) is 0 Å². The van der Waals surface area contributed by atoms with E-state index >= 15 is 0 Å². The van der Waals surface area contributed by atoms with E-state index in [-0.39, 0.29) is 0 Å². The first-order valence-corrected chi connectivity index (χ1v) is 15.2. The normalized spacial score (nSPS) is 14.9. The fourth-order valence-electron chi connectivity index (χ4n) is 4.29. The maximum atomic E-state index is 8.01. The van der Waals surface area contributed by atoms with Crippen LogP contribution < -0.4 is 0 Å². The monoisotopic (exact) mass is 456 g/mol. The third kappa shape index (κ3) is 21.4. The van der Waals surface area contributed by atoms with Crippen molar-refractivity contribution in [2.24, 2.45) is 17.8 Å². The topological polar surface area (TPSA) is 27.1 Å². The highest BCUT2D eigenvalue weighted by Gasteiger charge is 2.23. The van der Waals surface area contributed by atoms with Crippen molar-refractivity contribution in [3.8, 4) is 0 Å². The van der Waals surface area contributed by atoms with E-state index < -0.39 is 0 Å². The van der Waals surface area contributed by atoms with Crippen LogP contribution in [0.4, 0.5) is 0 Å². The van der Waals surface area contributed by atoms with E-state index in [0.717, 1.165) is 36.7 Å². The van der Waals surface area contributed by atoms with Crippen molar-refractivity contribution in [2.75, 3.05) is 25.6 Å². The Morgan fingerprint density at radius 2 is 1.35 bits per heavy atom. The van der Waals surface area contributed by atoms with Crippen molar-refractivity contribution in [3.05, 3.63) is 0 Å². The summed E-state index contributed by atoms with van der Waals surface area (Å²) in [5.74, 6) is 3.21. The van der Waals surface area contributed by atoms with E-state index in [4.69, 9.17) is 5.41 Å². The largest absolute Gasteiger partial charge is 0.361 e.